The van der Waals surface area contributed by atoms with Crippen LogP contribution in [0.3, 0.4) is 0 Å². The van der Waals surface area contributed by atoms with Crippen molar-refractivity contribution in [2.45, 2.75) is 0 Å². The number of rotatable bonds is 1. The summed E-state index contributed by atoms with van der Waals surface area (Å²) in [5.74, 6) is 0.893. The molecule has 92 valence electrons. The van der Waals surface area contributed by atoms with E-state index in [0.29, 0.717) is 6.67 Å². The van der Waals surface area contributed by atoms with Gasteiger partial charge in [0, 0.05) is 5.56 Å². The fraction of sp³-hybridized carbons (Fsp3) is 0.0667. The van der Waals surface area contributed by atoms with Gasteiger partial charge in [0.1, 0.15) is 12.4 Å². The summed E-state index contributed by atoms with van der Waals surface area (Å²) >= 11 is 0. The normalized spacial score (nSPS) is 16.1. The first-order valence-electron chi connectivity index (χ1n) is 6.25. The molecule has 0 unspecified atom stereocenters. The van der Waals surface area contributed by atoms with Crippen LogP contribution in [0.2, 0.25) is 0 Å². The minimum absolute atomic E-state index is 0.693. The number of fused-ring (bicyclic) bond motifs is 3. The van der Waals surface area contributed by atoms with Crippen LogP contribution in [0.5, 0.6) is 0 Å². The van der Waals surface area contributed by atoms with E-state index in [4.69, 9.17) is 4.99 Å². The number of nitrogens with zero attached hydrogens (tertiary/aromatic N) is 3. The molecule has 0 atom stereocenters. The Morgan fingerprint density at radius 2 is 1.74 bits per heavy atom. The van der Waals surface area contributed by atoms with Gasteiger partial charge < -0.3 is 4.90 Å². The van der Waals surface area contributed by atoms with Gasteiger partial charge in [0.2, 0.25) is 0 Å². The van der Waals surface area contributed by atoms with Gasteiger partial charge in [-0.15, -0.1) is 0 Å². The zero-order chi connectivity index (χ0) is 12.7. The number of nitrogens with one attached hydrogen (secondary N) is 1. The van der Waals surface area contributed by atoms with E-state index < -0.39 is 0 Å². The molecule has 2 heterocycles. The molecular formula is C15H12N4. The topological polar surface area (TPSA) is 40.0 Å². The molecule has 0 saturated carbocycles. The van der Waals surface area contributed by atoms with Gasteiger partial charge in [0.25, 0.3) is 0 Å². The lowest BCUT2D eigenvalue weighted by Crippen LogP contribution is -2.37. The summed E-state index contributed by atoms with van der Waals surface area (Å²) in [4.78, 5) is 6.92. The predicted octanol–water partition coefficient (Wildman–Crippen LogP) is 2.50. The summed E-state index contributed by atoms with van der Waals surface area (Å²) in [5, 5.41) is 4.38. The number of hydrogen-bond donors (Lipinski definition) is 1. The SMILES string of the molecule is c1ccc(C2=Nc3ccccc3N3CNN=C23)cc1. The smallest absolute Gasteiger partial charge is 0.181 e. The number of hydrazone groups is 1. The minimum Gasteiger partial charge on any atom is -0.301 e. The molecule has 0 saturated heterocycles. The van der Waals surface area contributed by atoms with Crippen molar-refractivity contribution in [3.63, 3.8) is 0 Å². The van der Waals surface area contributed by atoms with Crippen LogP contribution in [0, 0.1) is 0 Å². The molecule has 1 N–H and O–H groups in total. The molecule has 0 bridgehead atoms. The van der Waals surface area contributed by atoms with Gasteiger partial charge in [-0.2, -0.15) is 5.10 Å². The molecule has 2 aromatic rings. The van der Waals surface area contributed by atoms with Crippen molar-refractivity contribution in [3.05, 3.63) is 60.2 Å². The average molecular weight is 248 g/mol. The highest BCUT2D eigenvalue weighted by Crippen LogP contribution is 2.34. The first-order valence-corrected chi connectivity index (χ1v) is 6.25. The third-order valence-corrected chi connectivity index (χ3v) is 3.33. The first-order chi connectivity index (χ1) is 9.43. The largest absolute Gasteiger partial charge is 0.301 e. The highest BCUT2D eigenvalue weighted by Gasteiger charge is 2.29. The molecule has 19 heavy (non-hydrogen) atoms. The van der Waals surface area contributed by atoms with Gasteiger partial charge in [0.15, 0.2) is 5.84 Å². The maximum absolute atomic E-state index is 4.76. The van der Waals surface area contributed by atoms with E-state index in [9.17, 15) is 0 Å². The highest BCUT2D eigenvalue weighted by molar-refractivity contribution is 6.53. The Hall–Kier alpha value is -2.62. The number of hydrogen-bond acceptors (Lipinski definition) is 4. The minimum atomic E-state index is 0.693. The lowest BCUT2D eigenvalue weighted by atomic mass is 10.1. The monoisotopic (exact) mass is 248 g/mol. The maximum Gasteiger partial charge on any atom is 0.181 e. The Morgan fingerprint density at radius 1 is 0.947 bits per heavy atom. The highest BCUT2D eigenvalue weighted by atomic mass is 15.5. The molecule has 2 aliphatic heterocycles. The van der Waals surface area contributed by atoms with Crippen LogP contribution in [0.4, 0.5) is 11.4 Å². The van der Waals surface area contributed by atoms with Gasteiger partial charge >= 0.3 is 0 Å². The Labute approximate surface area is 111 Å². The first kappa shape index (κ1) is 10.3. The van der Waals surface area contributed by atoms with Crippen LogP contribution in [0.15, 0.2) is 64.7 Å². The second kappa shape index (κ2) is 3.95. The Bertz CT molecular complexity index is 688. The number of amidine groups is 1. The van der Waals surface area contributed by atoms with E-state index in [2.05, 4.69) is 33.6 Å². The van der Waals surface area contributed by atoms with Crippen molar-refractivity contribution in [1.82, 2.24) is 5.43 Å². The van der Waals surface area contributed by atoms with Crippen LogP contribution in [0.1, 0.15) is 5.56 Å². The molecule has 4 nitrogen and oxygen atoms in total. The molecule has 0 radical (unpaired) electrons. The molecule has 0 aromatic heterocycles. The molecule has 4 rings (SSSR count). The van der Waals surface area contributed by atoms with Gasteiger partial charge in [-0.25, -0.2) is 4.99 Å². The number of para-hydroxylation sites is 2. The summed E-state index contributed by atoms with van der Waals surface area (Å²) in [6.45, 7) is 0.693. The lowest BCUT2D eigenvalue weighted by Gasteiger charge is -2.26. The third kappa shape index (κ3) is 1.53. The summed E-state index contributed by atoms with van der Waals surface area (Å²) in [7, 11) is 0. The number of aliphatic imine (C=N–C) groups is 1. The van der Waals surface area contributed by atoms with Crippen LogP contribution in [0.25, 0.3) is 0 Å². The van der Waals surface area contributed by atoms with Crippen molar-refractivity contribution >= 4 is 22.9 Å². The van der Waals surface area contributed by atoms with Gasteiger partial charge in [0.05, 0.1) is 11.4 Å². The molecular weight excluding hydrogens is 236 g/mol. The van der Waals surface area contributed by atoms with E-state index in [1.165, 1.54) is 0 Å². The molecule has 2 aliphatic rings. The van der Waals surface area contributed by atoms with E-state index in [-0.39, 0.29) is 0 Å². The van der Waals surface area contributed by atoms with Gasteiger partial charge in [-0.1, -0.05) is 42.5 Å². The third-order valence-electron chi connectivity index (χ3n) is 3.33. The average Bonchev–Trinajstić information content (AvgIpc) is 2.97. The molecule has 4 heteroatoms. The fourth-order valence-electron chi connectivity index (χ4n) is 2.44. The Morgan fingerprint density at radius 3 is 2.63 bits per heavy atom. The van der Waals surface area contributed by atoms with Crippen molar-refractivity contribution in [1.29, 1.82) is 0 Å². The van der Waals surface area contributed by atoms with Gasteiger partial charge in [-0.05, 0) is 12.1 Å². The van der Waals surface area contributed by atoms with Crippen molar-refractivity contribution in [3.8, 4) is 0 Å². The summed E-state index contributed by atoms with van der Waals surface area (Å²) in [5.41, 5.74) is 7.14. The van der Waals surface area contributed by atoms with Crippen molar-refractivity contribution in [2.75, 3.05) is 11.6 Å². The molecule has 0 fully saturated rings. The van der Waals surface area contributed by atoms with E-state index in [1.54, 1.807) is 0 Å². The molecule has 2 aromatic carbocycles. The van der Waals surface area contributed by atoms with E-state index >= 15 is 0 Å². The van der Waals surface area contributed by atoms with Crippen LogP contribution < -0.4 is 10.3 Å². The summed E-state index contributed by atoms with van der Waals surface area (Å²) in [6.07, 6.45) is 0. The van der Waals surface area contributed by atoms with E-state index in [1.807, 2.05) is 36.4 Å². The maximum atomic E-state index is 4.76. The number of benzene rings is 2. The molecule has 0 aliphatic carbocycles. The van der Waals surface area contributed by atoms with Crippen LogP contribution in [-0.4, -0.2) is 18.2 Å². The van der Waals surface area contributed by atoms with Gasteiger partial charge in [-0.3, -0.25) is 5.43 Å². The quantitative estimate of drug-likeness (QED) is 0.842. The Balaban J connectivity index is 1.94. The molecule has 0 spiro atoms. The predicted molar refractivity (Wildman–Crippen MR) is 77.0 cm³/mol. The van der Waals surface area contributed by atoms with Crippen LogP contribution in [-0.2, 0) is 0 Å². The standard InChI is InChI=1S/C15H12N4/c1-2-6-11(7-3-1)14-15-18-16-10-19(15)13-9-5-4-8-12(13)17-14/h1-9,16H,10H2. The zero-order valence-corrected chi connectivity index (χ0v) is 10.2. The fourth-order valence-corrected chi connectivity index (χ4v) is 2.44. The zero-order valence-electron chi connectivity index (χ0n) is 10.2. The van der Waals surface area contributed by atoms with Crippen LogP contribution >= 0.6 is 0 Å². The second-order valence-corrected chi connectivity index (χ2v) is 4.49. The lowest BCUT2D eigenvalue weighted by molar-refractivity contribution is 0.808. The number of anilines is 1. The van der Waals surface area contributed by atoms with E-state index in [0.717, 1.165) is 28.5 Å². The summed E-state index contributed by atoms with van der Waals surface area (Å²) < 4.78 is 0. The van der Waals surface area contributed by atoms with Crippen molar-refractivity contribution in [2.24, 2.45) is 10.1 Å². The summed E-state index contributed by atoms with van der Waals surface area (Å²) in [6, 6.07) is 18.3. The second-order valence-electron chi connectivity index (χ2n) is 4.49. The Kier molecular flexibility index (Phi) is 2.14. The molecule has 0 amide bonds. The van der Waals surface area contributed by atoms with Crippen molar-refractivity contribution < 1.29 is 0 Å².